The molecule has 23 heavy (non-hydrogen) atoms. The predicted molar refractivity (Wildman–Crippen MR) is 90.9 cm³/mol. The first kappa shape index (κ1) is 16.6. The van der Waals surface area contributed by atoms with Crippen molar-refractivity contribution in [3.63, 3.8) is 0 Å². The van der Waals surface area contributed by atoms with E-state index in [-0.39, 0.29) is 28.8 Å². The summed E-state index contributed by atoms with van der Waals surface area (Å²) >= 11 is 0. The first-order valence-corrected chi connectivity index (χ1v) is 7.34. The maximum absolute atomic E-state index is 12.4. The number of hydrogen-bond donors (Lipinski definition) is 2. The van der Waals surface area contributed by atoms with Gasteiger partial charge in [-0.25, -0.2) is 0 Å². The predicted octanol–water partition coefficient (Wildman–Crippen LogP) is 4.12. The highest BCUT2D eigenvalue weighted by atomic mass is 16.5. The zero-order valence-electron chi connectivity index (χ0n) is 13.4. The van der Waals surface area contributed by atoms with Gasteiger partial charge in [-0.05, 0) is 29.3 Å². The number of phenolic OH excluding ortho intramolecular Hbond substituents is 2. The number of carbonyl (C=O) groups is 1. The van der Waals surface area contributed by atoms with Crippen LogP contribution in [0.1, 0.15) is 35.3 Å². The summed E-state index contributed by atoms with van der Waals surface area (Å²) in [5.41, 5.74) is 1.75. The maximum atomic E-state index is 12.4. The summed E-state index contributed by atoms with van der Waals surface area (Å²) in [7, 11) is 1.51. The lowest BCUT2D eigenvalue weighted by atomic mass is 9.94. The Labute approximate surface area is 135 Å². The number of rotatable bonds is 5. The second kappa shape index (κ2) is 7.01. The molecule has 2 aromatic rings. The average Bonchev–Trinajstić information content (AvgIpc) is 2.53. The van der Waals surface area contributed by atoms with Crippen LogP contribution in [0.15, 0.2) is 36.4 Å². The topological polar surface area (TPSA) is 66.8 Å². The molecule has 0 unspecified atom stereocenters. The third-order valence-corrected chi connectivity index (χ3v) is 3.48. The van der Waals surface area contributed by atoms with Crippen molar-refractivity contribution in [3.8, 4) is 17.2 Å². The zero-order valence-corrected chi connectivity index (χ0v) is 13.4. The van der Waals surface area contributed by atoms with E-state index in [2.05, 4.69) is 0 Å². The van der Waals surface area contributed by atoms with Gasteiger partial charge in [0.05, 0.1) is 12.7 Å². The van der Waals surface area contributed by atoms with E-state index in [1.807, 2.05) is 6.08 Å². The van der Waals surface area contributed by atoms with E-state index >= 15 is 0 Å². The molecule has 0 spiro atoms. The number of carbonyl (C=O) groups excluding carboxylic acids is 1. The van der Waals surface area contributed by atoms with Crippen LogP contribution in [0.4, 0.5) is 0 Å². The summed E-state index contributed by atoms with van der Waals surface area (Å²) in [5, 5.41) is 19.5. The number of ketones is 1. The number of aromatic hydroxyl groups is 2. The Morgan fingerprint density at radius 2 is 1.74 bits per heavy atom. The van der Waals surface area contributed by atoms with Crippen LogP contribution in [0, 0.1) is 5.92 Å². The van der Waals surface area contributed by atoms with Crippen LogP contribution in [0.25, 0.3) is 12.2 Å². The molecule has 0 heterocycles. The molecule has 0 aliphatic heterocycles. The minimum absolute atomic E-state index is 0.0894. The van der Waals surface area contributed by atoms with Gasteiger partial charge in [0.2, 0.25) is 0 Å². The fourth-order valence-corrected chi connectivity index (χ4v) is 2.20. The van der Waals surface area contributed by atoms with Crippen LogP contribution in [0.2, 0.25) is 0 Å². The Morgan fingerprint density at radius 1 is 1.09 bits per heavy atom. The van der Waals surface area contributed by atoms with Crippen molar-refractivity contribution in [1.82, 2.24) is 0 Å². The van der Waals surface area contributed by atoms with Crippen molar-refractivity contribution in [2.75, 3.05) is 7.11 Å². The third-order valence-electron chi connectivity index (χ3n) is 3.48. The van der Waals surface area contributed by atoms with E-state index in [9.17, 15) is 15.0 Å². The van der Waals surface area contributed by atoms with Gasteiger partial charge in [0.15, 0.2) is 5.78 Å². The van der Waals surface area contributed by atoms with Crippen LogP contribution in [-0.2, 0) is 0 Å². The van der Waals surface area contributed by atoms with Crippen molar-refractivity contribution in [2.24, 2.45) is 5.92 Å². The highest BCUT2D eigenvalue weighted by molar-refractivity contribution is 6.04. The monoisotopic (exact) mass is 312 g/mol. The number of methoxy groups -OCH3 is 1. The van der Waals surface area contributed by atoms with E-state index in [1.165, 1.54) is 13.2 Å². The van der Waals surface area contributed by atoms with E-state index in [1.54, 1.807) is 50.3 Å². The Balaban J connectivity index is 2.48. The highest BCUT2D eigenvalue weighted by Gasteiger charge is 2.19. The van der Waals surface area contributed by atoms with E-state index < -0.39 is 0 Å². The molecule has 0 aliphatic rings. The highest BCUT2D eigenvalue weighted by Crippen LogP contribution is 2.31. The molecule has 0 radical (unpaired) electrons. The van der Waals surface area contributed by atoms with Gasteiger partial charge in [0.1, 0.15) is 17.2 Å². The molecule has 0 atom stereocenters. The minimum atomic E-state index is -0.227. The number of benzene rings is 2. The summed E-state index contributed by atoms with van der Waals surface area (Å²) in [6.07, 6.45) is 3.56. The quantitative estimate of drug-likeness (QED) is 0.644. The van der Waals surface area contributed by atoms with Gasteiger partial charge >= 0.3 is 0 Å². The van der Waals surface area contributed by atoms with Gasteiger partial charge in [-0.3, -0.25) is 4.79 Å². The molecular weight excluding hydrogens is 292 g/mol. The lowest BCUT2D eigenvalue weighted by Gasteiger charge is -2.12. The molecule has 4 heteroatoms. The van der Waals surface area contributed by atoms with Gasteiger partial charge in [-0.2, -0.15) is 0 Å². The van der Waals surface area contributed by atoms with E-state index in [0.717, 1.165) is 5.56 Å². The van der Waals surface area contributed by atoms with Crippen molar-refractivity contribution in [3.05, 3.63) is 53.1 Å². The molecule has 0 aromatic heterocycles. The Hall–Kier alpha value is -2.75. The van der Waals surface area contributed by atoms with Gasteiger partial charge in [-0.15, -0.1) is 0 Å². The van der Waals surface area contributed by atoms with Gasteiger partial charge in [-0.1, -0.05) is 38.1 Å². The molecule has 0 saturated carbocycles. The SMILES string of the molecule is COc1cc(O)c(C(=O)C(C)C)c(C=Cc2ccc(O)cc2)c1. The second-order valence-corrected chi connectivity index (χ2v) is 5.55. The minimum Gasteiger partial charge on any atom is -0.508 e. The second-order valence-electron chi connectivity index (χ2n) is 5.55. The lowest BCUT2D eigenvalue weighted by Crippen LogP contribution is -2.09. The van der Waals surface area contributed by atoms with Crippen molar-refractivity contribution < 1.29 is 19.7 Å². The van der Waals surface area contributed by atoms with Crippen LogP contribution in [-0.4, -0.2) is 23.1 Å². The van der Waals surface area contributed by atoms with E-state index in [0.29, 0.717) is 11.3 Å². The summed E-state index contributed by atoms with van der Waals surface area (Å²) in [6.45, 7) is 3.58. The summed E-state index contributed by atoms with van der Waals surface area (Å²) in [5.74, 6) is 0.226. The Morgan fingerprint density at radius 3 is 2.30 bits per heavy atom. The molecule has 2 aromatic carbocycles. The Bertz CT molecular complexity index is 728. The molecule has 0 aliphatic carbocycles. The van der Waals surface area contributed by atoms with Gasteiger partial charge in [0, 0.05) is 12.0 Å². The standard InChI is InChI=1S/C19H20O4/c1-12(2)19(22)18-14(10-16(23-3)11-17(18)21)7-4-13-5-8-15(20)9-6-13/h4-12,20-21H,1-3H3. The zero-order chi connectivity index (χ0) is 17.0. The number of Topliss-reactive ketones (excluding diaryl/α,β-unsaturated/α-hetero) is 1. The summed E-state index contributed by atoms with van der Waals surface area (Å²) in [6, 6.07) is 9.84. The summed E-state index contributed by atoms with van der Waals surface area (Å²) < 4.78 is 5.16. The van der Waals surface area contributed by atoms with Gasteiger partial charge < -0.3 is 14.9 Å². The van der Waals surface area contributed by atoms with E-state index in [4.69, 9.17) is 4.74 Å². The third kappa shape index (κ3) is 3.92. The number of hydrogen-bond acceptors (Lipinski definition) is 4. The van der Waals surface area contributed by atoms with Crippen molar-refractivity contribution >= 4 is 17.9 Å². The molecule has 0 amide bonds. The lowest BCUT2D eigenvalue weighted by molar-refractivity contribution is 0.0936. The number of ether oxygens (including phenoxy) is 1. The Kier molecular flexibility index (Phi) is 5.06. The number of phenols is 2. The molecule has 120 valence electrons. The molecular formula is C19H20O4. The fourth-order valence-electron chi connectivity index (χ4n) is 2.20. The van der Waals surface area contributed by atoms with Crippen LogP contribution in [0.5, 0.6) is 17.2 Å². The fraction of sp³-hybridized carbons (Fsp3) is 0.211. The largest absolute Gasteiger partial charge is 0.508 e. The smallest absolute Gasteiger partial charge is 0.169 e. The first-order valence-electron chi connectivity index (χ1n) is 7.34. The molecule has 0 fully saturated rings. The molecule has 0 saturated heterocycles. The average molecular weight is 312 g/mol. The molecule has 2 N–H and O–H groups in total. The molecule has 4 nitrogen and oxygen atoms in total. The van der Waals surface area contributed by atoms with Crippen LogP contribution >= 0.6 is 0 Å². The first-order chi connectivity index (χ1) is 10.9. The van der Waals surface area contributed by atoms with Crippen molar-refractivity contribution in [1.29, 1.82) is 0 Å². The van der Waals surface area contributed by atoms with Gasteiger partial charge in [0.25, 0.3) is 0 Å². The summed E-state index contributed by atoms with van der Waals surface area (Å²) in [4.78, 5) is 12.4. The van der Waals surface area contributed by atoms with Crippen LogP contribution in [0.3, 0.4) is 0 Å². The molecule has 2 rings (SSSR count). The maximum Gasteiger partial charge on any atom is 0.169 e. The normalized spacial score (nSPS) is 11.1. The molecule has 0 bridgehead atoms. The van der Waals surface area contributed by atoms with Crippen molar-refractivity contribution in [2.45, 2.75) is 13.8 Å². The van der Waals surface area contributed by atoms with Crippen LogP contribution < -0.4 is 4.74 Å².